The van der Waals surface area contributed by atoms with Crippen LogP contribution >= 0.6 is 38.5 Å². The fourth-order valence-electron chi connectivity index (χ4n) is 2.01. The molecule has 0 amide bonds. The first kappa shape index (κ1) is 14.9. The number of nitrogens with zero attached hydrogens (tertiary/aromatic N) is 3. The van der Waals surface area contributed by atoms with Crippen molar-refractivity contribution < 1.29 is 0 Å². The van der Waals surface area contributed by atoms with E-state index in [4.69, 9.17) is 0 Å². The molecule has 0 spiro atoms. The zero-order valence-electron chi connectivity index (χ0n) is 10.9. The first-order valence-electron chi connectivity index (χ1n) is 6.13. The highest BCUT2D eigenvalue weighted by Crippen LogP contribution is 2.27. The van der Waals surface area contributed by atoms with Crippen LogP contribution in [-0.4, -0.2) is 21.3 Å². The van der Waals surface area contributed by atoms with E-state index in [1.54, 1.807) is 6.33 Å². The molecule has 1 aromatic carbocycles. The van der Waals surface area contributed by atoms with Crippen LogP contribution in [0, 0.1) is 3.57 Å². The van der Waals surface area contributed by atoms with Crippen molar-refractivity contribution in [3.05, 3.63) is 44.0 Å². The van der Waals surface area contributed by atoms with Gasteiger partial charge in [-0.15, -0.1) is 0 Å². The van der Waals surface area contributed by atoms with Gasteiger partial charge in [0.25, 0.3) is 0 Å². The number of benzene rings is 1. The van der Waals surface area contributed by atoms with E-state index >= 15 is 0 Å². The highest BCUT2D eigenvalue weighted by molar-refractivity contribution is 14.1. The molecule has 0 bridgehead atoms. The lowest BCUT2D eigenvalue weighted by atomic mass is 10.0. The van der Waals surface area contributed by atoms with Gasteiger partial charge in [0.05, 0.1) is 0 Å². The maximum absolute atomic E-state index is 4.31. The summed E-state index contributed by atoms with van der Waals surface area (Å²) >= 11 is 5.98. The Bertz CT molecular complexity index is 555. The smallest absolute Gasteiger partial charge is 0.138 e. The summed E-state index contributed by atoms with van der Waals surface area (Å²) in [6.45, 7) is 3.03. The SMILES string of the molecule is CCNC(Cc1ncnn1C)c1cc(I)ccc1Br. The topological polar surface area (TPSA) is 42.7 Å². The van der Waals surface area contributed by atoms with Gasteiger partial charge in [0, 0.05) is 27.6 Å². The minimum absolute atomic E-state index is 0.233. The van der Waals surface area contributed by atoms with Crippen LogP contribution in [0.4, 0.5) is 0 Å². The second-order valence-corrected chi connectivity index (χ2v) is 6.38. The van der Waals surface area contributed by atoms with Crippen molar-refractivity contribution >= 4 is 38.5 Å². The van der Waals surface area contributed by atoms with Crippen LogP contribution in [-0.2, 0) is 13.5 Å². The Hall–Kier alpha value is -0.470. The highest BCUT2D eigenvalue weighted by atomic mass is 127. The Morgan fingerprint density at radius 2 is 2.26 bits per heavy atom. The molecule has 6 heteroatoms. The van der Waals surface area contributed by atoms with E-state index in [1.165, 1.54) is 9.13 Å². The van der Waals surface area contributed by atoms with Gasteiger partial charge in [0.2, 0.25) is 0 Å². The third-order valence-corrected chi connectivity index (χ3v) is 4.37. The number of aryl methyl sites for hydroxylation is 1. The highest BCUT2D eigenvalue weighted by Gasteiger charge is 2.17. The average molecular weight is 435 g/mol. The Kier molecular flexibility index (Phi) is 5.35. The van der Waals surface area contributed by atoms with Gasteiger partial charge in [0.1, 0.15) is 12.2 Å². The second kappa shape index (κ2) is 6.81. The Morgan fingerprint density at radius 1 is 1.47 bits per heavy atom. The number of halogens is 2. The fraction of sp³-hybridized carbons (Fsp3) is 0.385. The molecule has 0 aliphatic rings. The van der Waals surface area contributed by atoms with Crippen LogP contribution in [0.3, 0.4) is 0 Å². The summed E-state index contributed by atoms with van der Waals surface area (Å²) in [7, 11) is 1.93. The van der Waals surface area contributed by atoms with Crippen LogP contribution in [0.5, 0.6) is 0 Å². The summed E-state index contributed by atoms with van der Waals surface area (Å²) in [5, 5.41) is 7.65. The molecule has 0 aliphatic carbocycles. The summed E-state index contributed by atoms with van der Waals surface area (Å²) in [5.74, 6) is 0.983. The second-order valence-electron chi connectivity index (χ2n) is 4.28. The Labute approximate surface area is 135 Å². The van der Waals surface area contributed by atoms with Crippen molar-refractivity contribution in [2.24, 2.45) is 7.05 Å². The minimum atomic E-state index is 0.233. The van der Waals surface area contributed by atoms with Crippen LogP contribution in [0.2, 0.25) is 0 Å². The van der Waals surface area contributed by atoms with Crippen molar-refractivity contribution in [3.63, 3.8) is 0 Å². The lowest BCUT2D eigenvalue weighted by Crippen LogP contribution is -2.24. The Morgan fingerprint density at radius 3 is 2.89 bits per heavy atom. The maximum atomic E-state index is 4.31. The first-order chi connectivity index (χ1) is 9.11. The van der Waals surface area contributed by atoms with Crippen molar-refractivity contribution in [2.75, 3.05) is 6.54 Å². The van der Waals surface area contributed by atoms with Crippen LogP contribution < -0.4 is 5.32 Å². The third-order valence-electron chi connectivity index (χ3n) is 2.98. The molecule has 0 fully saturated rings. The number of hydrogen-bond donors (Lipinski definition) is 1. The zero-order chi connectivity index (χ0) is 13.8. The van der Waals surface area contributed by atoms with Crippen molar-refractivity contribution in [3.8, 4) is 0 Å². The van der Waals surface area contributed by atoms with Gasteiger partial charge in [-0.25, -0.2) is 4.98 Å². The largest absolute Gasteiger partial charge is 0.310 e. The average Bonchev–Trinajstić information content (AvgIpc) is 2.78. The summed E-state index contributed by atoms with van der Waals surface area (Å²) in [4.78, 5) is 4.31. The molecule has 0 saturated heterocycles. The van der Waals surface area contributed by atoms with Gasteiger partial charge in [-0.05, 0) is 52.9 Å². The van der Waals surface area contributed by atoms with Gasteiger partial charge in [0.15, 0.2) is 0 Å². The van der Waals surface area contributed by atoms with E-state index in [9.17, 15) is 0 Å². The predicted octanol–water partition coefficient (Wildman–Crippen LogP) is 3.08. The lowest BCUT2D eigenvalue weighted by Gasteiger charge is -2.19. The number of likely N-dealkylation sites (N-methyl/N-ethyl adjacent to an activating group) is 1. The van der Waals surface area contributed by atoms with Crippen molar-refractivity contribution in [1.82, 2.24) is 20.1 Å². The Balaban J connectivity index is 2.29. The standard InChI is InChI=1S/C13H16BrIN4/c1-3-16-12(7-13-17-8-18-19(13)2)10-6-9(15)4-5-11(10)14/h4-6,8,12,16H,3,7H2,1-2H3. The molecule has 2 aromatic rings. The molecule has 2 rings (SSSR count). The van der Waals surface area contributed by atoms with E-state index in [0.29, 0.717) is 0 Å². The van der Waals surface area contributed by atoms with Crippen LogP contribution in [0.25, 0.3) is 0 Å². The molecule has 1 heterocycles. The van der Waals surface area contributed by atoms with Crippen LogP contribution in [0.1, 0.15) is 24.4 Å². The predicted molar refractivity (Wildman–Crippen MR) is 88.0 cm³/mol. The third kappa shape index (κ3) is 3.76. The molecule has 0 radical (unpaired) electrons. The van der Waals surface area contributed by atoms with Crippen LogP contribution in [0.15, 0.2) is 29.0 Å². The van der Waals surface area contributed by atoms with E-state index in [1.807, 2.05) is 11.7 Å². The first-order valence-corrected chi connectivity index (χ1v) is 8.00. The molecule has 1 unspecified atom stereocenters. The fourth-order valence-corrected chi connectivity index (χ4v) is 3.05. The van der Waals surface area contributed by atoms with E-state index < -0.39 is 0 Å². The summed E-state index contributed by atoms with van der Waals surface area (Å²) in [6, 6.07) is 6.63. The van der Waals surface area contributed by atoms with Gasteiger partial charge in [-0.1, -0.05) is 22.9 Å². The normalized spacial score (nSPS) is 12.6. The van der Waals surface area contributed by atoms with Crippen molar-refractivity contribution in [1.29, 1.82) is 0 Å². The van der Waals surface area contributed by atoms with E-state index in [2.05, 4.69) is 79.0 Å². The minimum Gasteiger partial charge on any atom is -0.310 e. The molecular weight excluding hydrogens is 419 g/mol. The molecule has 1 aromatic heterocycles. The monoisotopic (exact) mass is 434 g/mol. The van der Waals surface area contributed by atoms with Gasteiger partial charge in [-0.2, -0.15) is 5.10 Å². The number of rotatable bonds is 5. The zero-order valence-corrected chi connectivity index (χ0v) is 14.6. The maximum Gasteiger partial charge on any atom is 0.138 e. The molecule has 1 N–H and O–H groups in total. The summed E-state index contributed by atoms with van der Waals surface area (Å²) in [5.41, 5.74) is 1.26. The van der Waals surface area contributed by atoms with E-state index in [-0.39, 0.29) is 6.04 Å². The van der Waals surface area contributed by atoms with Crippen molar-refractivity contribution in [2.45, 2.75) is 19.4 Å². The number of nitrogens with one attached hydrogen (secondary N) is 1. The van der Waals surface area contributed by atoms with Gasteiger partial charge < -0.3 is 5.32 Å². The summed E-state index contributed by atoms with van der Waals surface area (Å²) < 4.78 is 4.18. The van der Waals surface area contributed by atoms with E-state index in [0.717, 1.165) is 23.3 Å². The molecule has 102 valence electrons. The molecule has 0 aliphatic heterocycles. The lowest BCUT2D eigenvalue weighted by molar-refractivity contribution is 0.520. The molecule has 0 saturated carbocycles. The molecule has 4 nitrogen and oxygen atoms in total. The number of aromatic nitrogens is 3. The quantitative estimate of drug-likeness (QED) is 0.735. The van der Waals surface area contributed by atoms with Gasteiger partial charge in [-0.3, -0.25) is 4.68 Å². The molecule has 1 atom stereocenters. The van der Waals surface area contributed by atoms with Gasteiger partial charge >= 0.3 is 0 Å². The molecular formula is C13H16BrIN4. The number of hydrogen-bond acceptors (Lipinski definition) is 3. The molecule has 19 heavy (non-hydrogen) atoms. The summed E-state index contributed by atoms with van der Waals surface area (Å²) in [6.07, 6.45) is 2.42.